The van der Waals surface area contributed by atoms with E-state index in [1.165, 1.54) is 28.7 Å². The zero-order valence-electron chi connectivity index (χ0n) is 13.0. The summed E-state index contributed by atoms with van der Waals surface area (Å²) >= 11 is 7.90. The van der Waals surface area contributed by atoms with Gasteiger partial charge in [-0.25, -0.2) is 0 Å². The van der Waals surface area contributed by atoms with E-state index in [0.29, 0.717) is 10.9 Å². The van der Waals surface area contributed by atoms with E-state index in [2.05, 4.69) is 43.6 Å². The lowest BCUT2D eigenvalue weighted by molar-refractivity contribution is -0.113. The molecule has 0 aliphatic heterocycles. The van der Waals surface area contributed by atoms with Crippen molar-refractivity contribution in [3.05, 3.63) is 64.6 Å². The van der Waals surface area contributed by atoms with E-state index in [9.17, 15) is 4.79 Å². The van der Waals surface area contributed by atoms with E-state index in [1.54, 1.807) is 11.8 Å². The number of nitrogens with zero attached hydrogens (tertiary/aromatic N) is 2. The van der Waals surface area contributed by atoms with Crippen LogP contribution in [0.4, 0.5) is 5.13 Å². The van der Waals surface area contributed by atoms with Crippen molar-refractivity contribution in [2.75, 3.05) is 11.1 Å². The van der Waals surface area contributed by atoms with Crippen LogP contribution >= 0.6 is 50.8 Å². The van der Waals surface area contributed by atoms with Gasteiger partial charge in [-0.1, -0.05) is 69.4 Å². The summed E-state index contributed by atoms with van der Waals surface area (Å²) in [4.78, 5) is 13.1. The van der Waals surface area contributed by atoms with Crippen LogP contribution in [-0.4, -0.2) is 21.9 Å². The number of benzene rings is 2. The molecular formula is C17H14BrN3OS3. The van der Waals surface area contributed by atoms with Crippen molar-refractivity contribution < 1.29 is 4.79 Å². The molecule has 1 N–H and O–H groups in total. The number of anilines is 1. The Labute approximate surface area is 167 Å². The maximum absolute atomic E-state index is 12.0. The molecule has 0 atom stereocenters. The lowest BCUT2D eigenvalue weighted by Crippen LogP contribution is -2.13. The van der Waals surface area contributed by atoms with Crippen LogP contribution in [0, 0.1) is 0 Å². The number of carbonyl (C=O) groups excluding carboxylic acids is 1. The molecular weight excluding hydrogens is 438 g/mol. The highest BCUT2D eigenvalue weighted by Crippen LogP contribution is 2.28. The average Bonchev–Trinajstić information content (AvgIpc) is 3.08. The Morgan fingerprint density at radius 3 is 2.56 bits per heavy atom. The Morgan fingerprint density at radius 2 is 1.80 bits per heavy atom. The van der Waals surface area contributed by atoms with Crippen LogP contribution < -0.4 is 5.32 Å². The molecule has 25 heavy (non-hydrogen) atoms. The first-order valence-electron chi connectivity index (χ1n) is 7.37. The van der Waals surface area contributed by atoms with Crippen molar-refractivity contribution >= 4 is 61.8 Å². The summed E-state index contributed by atoms with van der Waals surface area (Å²) in [5, 5.41) is 11.5. The molecule has 0 saturated heterocycles. The second-order valence-corrected chi connectivity index (χ2v) is 9.10. The van der Waals surface area contributed by atoms with Crippen LogP contribution in [0.3, 0.4) is 0 Å². The van der Waals surface area contributed by atoms with Crippen LogP contribution in [-0.2, 0) is 10.5 Å². The topological polar surface area (TPSA) is 54.9 Å². The van der Waals surface area contributed by atoms with Crippen molar-refractivity contribution in [1.82, 2.24) is 10.2 Å². The first-order valence-corrected chi connectivity index (χ1v) is 11.0. The van der Waals surface area contributed by atoms with Gasteiger partial charge in [0.2, 0.25) is 11.0 Å². The fourth-order valence-corrected chi connectivity index (χ4v) is 4.56. The summed E-state index contributed by atoms with van der Waals surface area (Å²) in [6, 6.07) is 18.1. The van der Waals surface area contributed by atoms with E-state index in [1.807, 2.05) is 42.5 Å². The number of carbonyl (C=O) groups is 1. The largest absolute Gasteiger partial charge is 0.300 e. The zero-order chi connectivity index (χ0) is 17.5. The Balaban J connectivity index is 1.45. The number of hydrogen-bond acceptors (Lipinski definition) is 6. The summed E-state index contributed by atoms with van der Waals surface area (Å²) in [7, 11) is 0. The summed E-state index contributed by atoms with van der Waals surface area (Å²) < 4.78 is 1.87. The lowest BCUT2D eigenvalue weighted by atomic mass is 10.2. The number of nitrogens with one attached hydrogen (secondary N) is 1. The number of amides is 1. The molecule has 1 aromatic heterocycles. The molecule has 128 valence electrons. The molecule has 2 aromatic carbocycles. The van der Waals surface area contributed by atoms with Crippen LogP contribution in [0.5, 0.6) is 0 Å². The van der Waals surface area contributed by atoms with Crippen LogP contribution in [0.25, 0.3) is 0 Å². The molecule has 3 rings (SSSR count). The molecule has 0 fully saturated rings. The molecule has 0 spiro atoms. The number of hydrogen-bond donors (Lipinski definition) is 1. The van der Waals surface area contributed by atoms with Gasteiger partial charge in [-0.15, -0.1) is 22.0 Å². The van der Waals surface area contributed by atoms with Gasteiger partial charge >= 0.3 is 0 Å². The molecule has 1 amide bonds. The predicted octanol–water partition coefficient (Wildman–Crippen LogP) is 5.32. The Hall–Kier alpha value is -1.35. The molecule has 4 nitrogen and oxygen atoms in total. The Bertz CT molecular complexity index is 825. The molecule has 0 unspecified atom stereocenters. The van der Waals surface area contributed by atoms with Crippen LogP contribution in [0.1, 0.15) is 5.56 Å². The highest BCUT2D eigenvalue weighted by atomic mass is 79.9. The van der Waals surface area contributed by atoms with E-state index < -0.39 is 0 Å². The zero-order valence-corrected chi connectivity index (χ0v) is 17.1. The summed E-state index contributed by atoms with van der Waals surface area (Å²) in [6.45, 7) is 0. The third kappa shape index (κ3) is 6.14. The van der Waals surface area contributed by atoms with E-state index in [0.717, 1.165) is 19.5 Å². The molecule has 3 aromatic rings. The van der Waals surface area contributed by atoms with Crippen molar-refractivity contribution in [3.8, 4) is 0 Å². The molecule has 0 aliphatic carbocycles. The molecule has 8 heteroatoms. The highest BCUT2D eigenvalue weighted by Gasteiger charge is 2.09. The summed E-state index contributed by atoms with van der Waals surface area (Å²) in [5.41, 5.74) is 1.24. The minimum atomic E-state index is -0.0799. The van der Waals surface area contributed by atoms with Crippen molar-refractivity contribution in [1.29, 1.82) is 0 Å². The fourth-order valence-electron chi connectivity index (χ4n) is 1.87. The minimum Gasteiger partial charge on any atom is -0.300 e. The number of aromatic nitrogens is 2. The third-order valence-corrected chi connectivity index (χ3v) is 6.63. The van der Waals surface area contributed by atoms with Gasteiger partial charge in [-0.2, -0.15) is 0 Å². The molecule has 0 aliphatic rings. The van der Waals surface area contributed by atoms with Gasteiger partial charge in [0.1, 0.15) is 0 Å². The SMILES string of the molecule is O=C(CSc1ccc(Br)cc1)Nc1nnc(SCc2ccccc2)s1. The standard InChI is InChI=1S/C17H14BrN3OS3/c18-13-6-8-14(9-7-13)23-11-15(22)19-16-20-21-17(25-16)24-10-12-4-2-1-3-5-12/h1-9H,10-11H2,(H,19,20,22). The van der Waals surface area contributed by atoms with Gasteiger partial charge in [0.25, 0.3) is 0 Å². The Kier molecular flexibility index (Phi) is 6.92. The number of rotatable bonds is 7. The summed E-state index contributed by atoms with van der Waals surface area (Å²) in [6.07, 6.45) is 0. The van der Waals surface area contributed by atoms with Crippen LogP contribution in [0.15, 0.2) is 68.3 Å². The minimum absolute atomic E-state index is 0.0799. The molecule has 0 saturated carbocycles. The monoisotopic (exact) mass is 451 g/mol. The number of thioether (sulfide) groups is 2. The molecule has 0 bridgehead atoms. The molecule has 1 heterocycles. The average molecular weight is 452 g/mol. The van der Waals surface area contributed by atoms with Gasteiger partial charge in [0.05, 0.1) is 5.75 Å². The normalized spacial score (nSPS) is 10.6. The smallest absolute Gasteiger partial charge is 0.236 e. The quantitative estimate of drug-likeness (QED) is 0.388. The maximum Gasteiger partial charge on any atom is 0.236 e. The first-order chi connectivity index (χ1) is 12.2. The molecule has 0 radical (unpaired) electrons. The van der Waals surface area contributed by atoms with Crippen LogP contribution in [0.2, 0.25) is 0 Å². The lowest BCUT2D eigenvalue weighted by Gasteiger charge is -2.02. The van der Waals surface area contributed by atoms with Crippen molar-refractivity contribution in [2.45, 2.75) is 15.0 Å². The van der Waals surface area contributed by atoms with Gasteiger partial charge in [-0.3, -0.25) is 10.1 Å². The number of halogens is 1. The summed E-state index contributed by atoms with van der Waals surface area (Å²) in [5.74, 6) is 1.10. The predicted molar refractivity (Wildman–Crippen MR) is 109 cm³/mol. The van der Waals surface area contributed by atoms with E-state index in [-0.39, 0.29) is 5.91 Å². The first kappa shape index (κ1) is 18.4. The second kappa shape index (κ2) is 9.38. The maximum atomic E-state index is 12.0. The van der Waals surface area contributed by atoms with Gasteiger partial charge in [0.15, 0.2) is 4.34 Å². The Morgan fingerprint density at radius 1 is 1.04 bits per heavy atom. The van der Waals surface area contributed by atoms with Crippen molar-refractivity contribution in [3.63, 3.8) is 0 Å². The fraction of sp³-hybridized carbons (Fsp3) is 0.118. The second-order valence-electron chi connectivity index (χ2n) is 4.94. The van der Waals surface area contributed by atoms with Gasteiger partial charge in [-0.05, 0) is 29.8 Å². The van der Waals surface area contributed by atoms with E-state index >= 15 is 0 Å². The van der Waals surface area contributed by atoms with E-state index in [4.69, 9.17) is 0 Å². The highest BCUT2D eigenvalue weighted by molar-refractivity contribution is 9.10. The van der Waals surface area contributed by atoms with Gasteiger partial charge < -0.3 is 0 Å². The van der Waals surface area contributed by atoms with Crippen molar-refractivity contribution in [2.24, 2.45) is 0 Å². The van der Waals surface area contributed by atoms with Gasteiger partial charge in [0, 0.05) is 15.1 Å². The third-order valence-electron chi connectivity index (χ3n) is 3.04.